The van der Waals surface area contributed by atoms with Crippen molar-refractivity contribution in [3.05, 3.63) is 23.3 Å². The van der Waals surface area contributed by atoms with E-state index in [0.717, 1.165) is 18.4 Å². The fourth-order valence-electron chi connectivity index (χ4n) is 2.08. The van der Waals surface area contributed by atoms with E-state index in [1.54, 1.807) is 26.4 Å². The number of hydrogen-bond acceptors (Lipinski definition) is 4. The maximum absolute atomic E-state index is 12.3. The van der Waals surface area contributed by atoms with Crippen LogP contribution in [-0.4, -0.2) is 32.2 Å². The van der Waals surface area contributed by atoms with Gasteiger partial charge in [0.15, 0.2) is 0 Å². The molecule has 1 aromatic rings. The largest absolute Gasteiger partial charge is 0.496 e. The monoisotopic (exact) mass is 294 g/mol. The summed E-state index contributed by atoms with van der Waals surface area (Å²) < 4.78 is 10.6. The second kappa shape index (κ2) is 7.31. The highest BCUT2D eigenvalue weighted by Gasteiger charge is 2.22. The van der Waals surface area contributed by atoms with Crippen LogP contribution in [0.1, 0.15) is 42.6 Å². The number of carbonyl (C=O) groups excluding carboxylic acids is 1. The molecule has 118 valence electrons. The molecule has 0 fully saturated rings. The van der Waals surface area contributed by atoms with E-state index in [1.165, 1.54) is 0 Å². The second-order valence-electron chi connectivity index (χ2n) is 5.26. The average molecular weight is 294 g/mol. The van der Waals surface area contributed by atoms with Crippen LogP contribution in [0.25, 0.3) is 0 Å². The Morgan fingerprint density at radius 2 is 1.67 bits per heavy atom. The maximum atomic E-state index is 12.3. The number of carbonyl (C=O) groups is 1. The molecule has 0 aliphatic carbocycles. The first-order valence-electron chi connectivity index (χ1n) is 7.20. The summed E-state index contributed by atoms with van der Waals surface area (Å²) in [7, 11) is 3.14. The molecule has 5 heteroatoms. The molecule has 0 radical (unpaired) electrons. The van der Waals surface area contributed by atoms with E-state index in [2.05, 4.69) is 5.32 Å². The second-order valence-corrected chi connectivity index (χ2v) is 5.26. The van der Waals surface area contributed by atoms with Crippen molar-refractivity contribution in [1.29, 1.82) is 0 Å². The maximum Gasteiger partial charge on any atom is 0.251 e. The summed E-state index contributed by atoms with van der Waals surface area (Å²) in [6, 6.07) is 3.42. The molecule has 0 heterocycles. The number of nitrogens with one attached hydrogen (secondary N) is 1. The van der Waals surface area contributed by atoms with E-state index >= 15 is 0 Å². The van der Waals surface area contributed by atoms with Crippen LogP contribution >= 0.6 is 0 Å². The third kappa shape index (κ3) is 4.11. The van der Waals surface area contributed by atoms with Gasteiger partial charge in [-0.15, -0.1) is 0 Å². The summed E-state index contributed by atoms with van der Waals surface area (Å²) in [6.45, 7) is 6.37. The summed E-state index contributed by atoms with van der Waals surface area (Å²) in [6.07, 6.45) is 1.62. The van der Waals surface area contributed by atoms with Gasteiger partial charge in [0.25, 0.3) is 5.91 Å². The lowest BCUT2D eigenvalue weighted by Crippen LogP contribution is -2.49. The van der Waals surface area contributed by atoms with Crippen molar-refractivity contribution >= 4 is 5.91 Å². The van der Waals surface area contributed by atoms with Crippen molar-refractivity contribution in [2.24, 2.45) is 5.73 Å². The first-order valence-corrected chi connectivity index (χ1v) is 7.20. The molecule has 1 aromatic carbocycles. The van der Waals surface area contributed by atoms with Crippen molar-refractivity contribution in [1.82, 2.24) is 5.32 Å². The van der Waals surface area contributed by atoms with Crippen molar-refractivity contribution in [3.8, 4) is 11.5 Å². The average Bonchev–Trinajstić information content (AvgIpc) is 2.52. The summed E-state index contributed by atoms with van der Waals surface area (Å²) in [4.78, 5) is 12.3. The predicted molar refractivity (Wildman–Crippen MR) is 84.1 cm³/mol. The van der Waals surface area contributed by atoms with Gasteiger partial charge in [-0.2, -0.15) is 0 Å². The van der Waals surface area contributed by atoms with Gasteiger partial charge < -0.3 is 20.5 Å². The van der Waals surface area contributed by atoms with Gasteiger partial charge in [0.2, 0.25) is 0 Å². The van der Waals surface area contributed by atoms with Gasteiger partial charge in [0.05, 0.1) is 14.2 Å². The van der Waals surface area contributed by atoms with Gasteiger partial charge in [0, 0.05) is 23.2 Å². The first kappa shape index (κ1) is 17.3. The molecule has 0 saturated carbocycles. The van der Waals surface area contributed by atoms with Crippen LogP contribution in [0.4, 0.5) is 0 Å². The molecule has 1 rings (SSSR count). The minimum atomic E-state index is -0.367. The quantitative estimate of drug-likeness (QED) is 0.809. The molecular formula is C16H26N2O3. The Hall–Kier alpha value is -1.75. The molecule has 0 bridgehead atoms. The molecule has 0 aliphatic heterocycles. The van der Waals surface area contributed by atoms with E-state index in [-0.39, 0.29) is 11.4 Å². The molecule has 21 heavy (non-hydrogen) atoms. The number of hydrogen-bond donors (Lipinski definition) is 2. The van der Waals surface area contributed by atoms with E-state index in [0.29, 0.717) is 23.6 Å². The van der Waals surface area contributed by atoms with Crippen LogP contribution in [0.2, 0.25) is 0 Å². The van der Waals surface area contributed by atoms with Crippen molar-refractivity contribution in [3.63, 3.8) is 0 Å². The Kier molecular flexibility index (Phi) is 6.03. The predicted octanol–water partition coefficient (Wildman–Crippen LogP) is 2.26. The van der Waals surface area contributed by atoms with Gasteiger partial charge in [-0.05, 0) is 31.9 Å². The van der Waals surface area contributed by atoms with Gasteiger partial charge in [-0.1, -0.05) is 13.8 Å². The SMILES string of the molecule is CCC(N)(CC)CNC(=O)c1cc(OC)c(C)c(OC)c1. The topological polar surface area (TPSA) is 73.6 Å². The lowest BCUT2D eigenvalue weighted by atomic mass is 9.94. The Morgan fingerprint density at radius 3 is 2.05 bits per heavy atom. The van der Waals surface area contributed by atoms with Crippen LogP contribution in [0.3, 0.4) is 0 Å². The van der Waals surface area contributed by atoms with E-state index in [1.807, 2.05) is 20.8 Å². The molecule has 0 aliphatic rings. The molecule has 0 aromatic heterocycles. The first-order chi connectivity index (χ1) is 9.90. The Morgan fingerprint density at radius 1 is 1.19 bits per heavy atom. The Labute approximate surface area is 126 Å². The summed E-state index contributed by atoms with van der Waals surface area (Å²) >= 11 is 0. The standard InChI is InChI=1S/C16H26N2O3/c1-6-16(17,7-2)10-18-15(19)12-8-13(20-4)11(3)14(9-12)21-5/h8-9H,6-7,10,17H2,1-5H3,(H,18,19). The lowest BCUT2D eigenvalue weighted by molar-refractivity contribution is 0.0941. The molecule has 0 saturated heterocycles. The summed E-state index contributed by atoms with van der Waals surface area (Å²) in [5, 5.41) is 2.89. The van der Waals surface area contributed by atoms with Gasteiger partial charge >= 0.3 is 0 Å². The number of amides is 1. The van der Waals surface area contributed by atoms with Crippen LogP contribution in [-0.2, 0) is 0 Å². The molecule has 3 N–H and O–H groups in total. The van der Waals surface area contributed by atoms with E-state index in [4.69, 9.17) is 15.2 Å². The normalized spacial score (nSPS) is 11.1. The highest BCUT2D eigenvalue weighted by molar-refractivity contribution is 5.95. The smallest absolute Gasteiger partial charge is 0.251 e. The molecule has 0 unspecified atom stereocenters. The zero-order chi connectivity index (χ0) is 16.0. The number of methoxy groups -OCH3 is 2. The van der Waals surface area contributed by atoms with Crippen LogP contribution in [0, 0.1) is 6.92 Å². The third-order valence-corrected chi connectivity index (χ3v) is 4.02. The molecule has 5 nitrogen and oxygen atoms in total. The molecular weight excluding hydrogens is 268 g/mol. The number of benzene rings is 1. The highest BCUT2D eigenvalue weighted by Crippen LogP contribution is 2.29. The van der Waals surface area contributed by atoms with Crippen LogP contribution < -0.4 is 20.5 Å². The third-order valence-electron chi connectivity index (χ3n) is 4.02. The minimum Gasteiger partial charge on any atom is -0.496 e. The van der Waals surface area contributed by atoms with E-state index in [9.17, 15) is 4.79 Å². The van der Waals surface area contributed by atoms with Gasteiger partial charge in [0.1, 0.15) is 11.5 Å². The van der Waals surface area contributed by atoms with E-state index < -0.39 is 0 Å². The Balaban J connectivity index is 2.93. The van der Waals surface area contributed by atoms with Crippen molar-refractivity contribution < 1.29 is 14.3 Å². The van der Waals surface area contributed by atoms with Gasteiger partial charge in [-0.3, -0.25) is 4.79 Å². The minimum absolute atomic E-state index is 0.177. The fraction of sp³-hybridized carbons (Fsp3) is 0.562. The lowest BCUT2D eigenvalue weighted by Gasteiger charge is -2.26. The zero-order valence-electron chi connectivity index (χ0n) is 13.6. The Bertz CT molecular complexity index is 471. The number of rotatable bonds is 7. The zero-order valence-corrected chi connectivity index (χ0v) is 13.6. The van der Waals surface area contributed by atoms with Crippen LogP contribution in [0.15, 0.2) is 12.1 Å². The number of nitrogens with two attached hydrogens (primary N) is 1. The van der Waals surface area contributed by atoms with Crippen molar-refractivity contribution in [2.75, 3.05) is 20.8 Å². The molecule has 0 spiro atoms. The number of ether oxygens (including phenoxy) is 2. The highest BCUT2D eigenvalue weighted by atomic mass is 16.5. The molecule has 1 amide bonds. The van der Waals surface area contributed by atoms with Gasteiger partial charge in [-0.25, -0.2) is 0 Å². The summed E-state index contributed by atoms with van der Waals surface area (Å²) in [5.74, 6) is 1.08. The van der Waals surface area contributed by atoms with Crippen LogP contribution in [0.5, 0.6) is 11.5 Å². The fourth-order valence-corrected chi connectivity index (χ4v) is 2.08. The molecule has 0 atom stereocenters. The van der Waals surface area contributed by atoms with Crippen molar-refractivity contribution in [2.45, 2.75) is 39.2 Å². The summed E-state index contributed by atoms with van der Waals surface area (Å²) in [5.41, 5.74) is 7.20.